The summed E-state index contributed by atoms with van der Waals surface area (Å²) in [5.41, 5.74) is 1.69. The number of halogens is 1. The molecule has 2 aromatic carbocycles. The lowest BCUT2D eigenvalue weighted by molar-refractivity contribution is -0.138. The van der Waals surface area contributed by atoms with Crippen LogP contribution in [0.3, 0.4) is 0 Å². The Morgan fingerprint density at radius 2 is 2.04 bits per heavy atom. The number of hydrogen-bond donors (Lipinski definition) is 1. The maximum Gasteiger partial charge on any atom is 0.310 e. The first-order valence-corrected chi connectivity index (χ1v) is 9.33. The smallest absolute Gasteiger partial charge is 0.310 e. The highest BCUT2D eigenvalue weighted by atomic mass is 19.1. The van der Waals surface area contributed by atoms with Gasteiger partial charge in [-0.3, -0.25) is 4.79 Å². The van der Waals surface area contributed by atoms with E-state index in [2.05, 4.69) is 0 Å². The molecule has 0 saturated carbocycles. The Bertz CT molecular complexity index is 891. The predicted molar refractivity (Wildman–Crippen MR) is 103 cm³/mol. The summed E-state index contributed by atoms with van der Waals surface area (Å²) in [5, 5.41) is 9.27. The maximum atomic E-state index is 14.0. The molecule has 0 saturated heterocycles. The molecule has 1 atom stereocenters. The molecule has 1 aliphatic heterocycles. The van der Waals surface area contributed by atoms with E-state index in [9.17, 15) is 14.3 Å². The lowest BCUT2D eigenvalue weighted by atomic mass is 10.00. The molecule has 0 spiro atoms. The van der Waals surface area contributed by atoms with E-state index in [1.54, 1.807) is 25.1 Å². The second-order valence-corrected chi connectivity index (χ2v) is 7.57. The zero-order valence-electron chi connectivity index (χ0n) is 16.5. The first-order valence-electron chi connectivity index (χ1n) is 9.33. The first kappa shape index (κ1) is 20.0. The Balaban J connectivity index is 1.82. The van der Waals surface area contributed by atoms with Crippen LogP contribution in [0.25, 0.3) is 0 Å². The minimum atomic E-state index is -0.926. The number of rotatable bonds is 7. The van der Waals surface area contributed by atoms with Crippen LogP contribution in [0, 0.1) is 5.82 Å². The van der Waals surface area contributed by atoms with Crippen LogP contribution in [0.4, 0.5) is 4.39 Å². The van der Waals surface area contributed by atoms with Gasteiger partial charge in [-0.05, 0) is 45.9 Å². The summed E-state index contributed by atoms with van der Waals surface area (Å²) < 4.78 is 31.4. The summed E-state index contributed by atoms with van der Waals surface area (Å²) in [5.74, 6) is -0.286. The Morgan fingerprint density at radius 1 is 1.29 bits per heavy atom. The third kappa shape index (κ3) is 4.21. The monoisotopic (exact) mass is 388 g/mol. The molecule has 6 heteroatoms. The molecule has 150 valence electrons. The standard InChI is InChI=1S/C22H25FO5/c1-5-26-19-10-17(6-7-18(19)13(2)21(24)25)27-12-15-9-16(23)8-14-11-22(3,4)28-20(14)15/h6-10,13H,5,11-12H2,1-4H3,(H,24,25). The molecular formula is C22H25FO5. The van der Waals surface area contributed by atoms with Gasteiger partial charge in [0.25, 0.3) is 0 Å². The lowest BCUT2D eigenvalue weighted by Crippen LogP contribution is -2.25. The Morgan fingerprint density at radius 3 is 2.71 bits per heavy atom. The molecule has 28 heavy (non-hydrogen) atoms. The molecule has 0 amide bonds. The van der Waals surface area contributed by atoms with Gasteiger partial charge in [0.05, 0.1) is 12.5 Å². The van der Waals surface area contributed by atoms with Crippen molar-refractivity contribution < 1.29 is 28.5 Å². The molecule has 0 fully saturated rings. The van der Waals surface area contributed by atoms with Crippen molar-refractivity contribution in [3.8, 4) is 17.2 Å². The van der Waals surface area contributed by atoms with Crippen LogP contribution in [-0.4, -0.2) is 23.3 Å². The van der Waals surface area contributed by atoms with Crippen LogP contribution in [0.5, 0.6) is 17.2 Å². The van der Waals surface area contributed by atoms with Crippen LogP contribution >= 0.6 is 0 Å². The highest BCUT2D eigenvalue weighted by molar-refractivity contribution is 5.76. The average Bonchev–Trinajstić information content (AvgIpc) is 2.93. The molecule has 3 rings (SSSR count). The average molecular weight is 388 g/mol. The highest BCUT2D eigenvalue weighted by Gasteiger charge is 2.32. The quantitative estimate of drug-likeness (QED) is 0.744. The number of fused-ring (bicyclic) bond motifs is 1. The predicted octanol–water partition coefficient (Wildman–Crippen LogP) is 4.71. The zero-order valence-corrected chi connectivity index (χ0v) is 16.5. The number of carboxylic acid groups (broad SMARTS) is 1. The number of carboxylic acids is 1. The van der Waals surface area contributed by atoms with E-state index in [1.165, 1.54) is 12.1 Å². The fraction of sp³-hybridized carbons (Fsp3) is 0.409. The van der Waals surface area contributed by atoms with Gasteiger partial charge in [-0.25, -0.2) is 4.39 Å². The number of carbonyl (C=O) groups is 1. The van der Waals surface area contributed by atoms with Crippen molar-refractivity contribution in [3.05, 3.63) is 52.8 Å². The van der Waals surface area contributed by atoms with Gasteiger partial charge in [0.15, 0.2) is 0 Å². The van der Waals surface area contributed by atoms with Crippen molar-refractivity contribution in [2.45, 2.75) is 52.2 Å². The van der Waals surface area contributed by atoms with E-state index < -0.39 is 11.9 Å². The molecule has 1 unspecified atom stereocenters. The van der Waals surface area contributed by atoms with Crippen LogP contribution in [0.2, 0.25) is 0 Å². The topological polar surface area (TPSA) is 65.0 Å². The van der Waals surface area contributed by atoms with Crippen molar-refractivity contribution >= 4 is 5.97 Å². The molecule has 2 aromatic rings. The Hall–Kier alpha value is -2.76. The molecule has 1 N–H and O–H groups in total. The maximum absolute atomic E-state index is 14.0. The van der Waals surface area contributed by atoms with Crippen LogP contribution in [0.1, 0.15) is 50.3 Å². The van der Waals surface area contributed by atoms with E-state index in [1.807, 2.05) is 20.8 Å². The minimum absolute atomic E-state index is 0.134. The number of hydrogen-bond acceptors (Lipinski definition) is 4. The molecule has 0 bridgehead atoms. The van der Waals surface area contributed by atoms with Gasteiger partial charge < -0.3 is 19.3 Å². The van der Waals surface area contributed by atoms with Gasteiger partial charge in [0.1, 0.15) is 35.3 Å². The van der Waals surface area contributed by atoms with Crippen LogP contribution in [0.15, 0.2) is 30.3 Å². The third-order valence-electron chi connectivity index (χ3n) is 4.72. The summed E-state index contributed by atoms with van der Waals surface area (Å²) in [6.45, 7) is 7.91. The van der Waals surface area contributed by atoms with Crippen molar-refractivity contribution in [3.63, 3.8) is 0 Å². The highest BCUT2D eigenvalue weighted by Crippen LogP contribution is 2.39. The summed E-state index contributed by atoms with van der Waals surface area (Å²) in [7, 11) is 0. The fourth-order valence-electron chi connectivity index (χ4n) is 3.39. The van der Waals surface area contributed by atoms with Gasteiger partial charge in [-0.15, -0.1) is 0 Å². The number of benzene rings is 2. The van der Waals surface area contributed by atoms with E-state index in [4.69, 9.17) is 14.2 Å². The molecule has 5 nitrogen and oxygen atoms in total. The largest absolute Gasteiger partial charge is 0.493 e. The lowest BCUT2D eigenvalue weighted by Gasteiger charge is -2.19. The second kappa shape index (κ2) is 7.70. The van der Waals surface area contributed by atoms with Gasteiger partial charge in [0.2, 0.25) is 0 Å². The second-order valence-electron chi connectivity index (χ2n) is 7.57. The van der Waals surface area contributed by atoms with Crippen molar-refractivity contribution in [1.82, 2.24) is 0 Å². The zero-order chi connectivity index (χ0) is 20.5. The van der Waals surface area contributed by atoms with E-state index >= 15 is 0 Å². The van der Waals surface area contributed by atoms with Gasteiger partial charge in [0, 0.05) is 29.2 Å². The van der Waals surface area contributed by atoms with Crippen molar-refractivity contribution in [1.29, 1.82) is 0 Å². The molecule has 0 radical (unpaired) electrons. The van der Waals surface area contributed by atoms with Gasteiger partial charge in [-0.1, -0.05) is 6.07 Å². The minimum Gasteiger partial charge on any atom is -0.493 e. The Labute approximate surface area is 164 Å². The number of aliphatic carboxylic acids is 1. The Kier molecular flexibility index (Phi) is 5.49. The molecule has 1 heterocycles. The summed E-state index contributed by atoms with van der Waals surface area (Å²) >= 11 is 0. The fourth-order valence-corrected chi connectivity index (χ4v) is 3.39. The molecule has 0 aliphatic carbocycles. The van der Waals surface area contributed by atoms with Gasteiger partial charge >= 0.3 is 5.97 Å². The van der Waals surface area contributed by atoms with Crippen LogP contribution in [-0.2, 0) is 17.8 Å². The number of ether oxygens (including phenoxy) is 3. The molecular weight excluding hydrogens is 363 g/mol. The summed E-state index contributed by atoms with van der Waals surface area (Å²) in [6, 6.07) is 7.98. The molecule has 0 aromatic heterocycles. The van der Waals surface area contributed by atoms with E-state index in [0.717, 1.165) is 5.56 Å². The normalized spacial score (nSPS) is 15.5. The van der Waals surface area contributed by atoms with E-state index in [-0.39, 0.29) is 18.0 Å². The van der Waals surface area contributed by atoms with Crippen LogP contribution < -0.4 is 14.2 Å². The summed E-state index contributed by atoms with van der Waals surface area (Å²) in [4.78, 5) is 11.3. The SMILES string of the molecule is CCOc1cc(OCc2cc(F)cc3c2OC(C)(C)C3)ccc1C(C)C(=O)O. The molecule has 1 aliphatic rings. The van der Waals surface area contributed by atoms with E-state index in [0.29, 0.717) is 41.4 Å². The first-order chi connectivity index (χ1) is 13.2. The van der Waals surface area contributed by atoms with Gasteiger partial charge in [-0.2, -0.15) is 0 Å². The van der Waals surface area contributed by atoms with Crippen molar-refractivity contribution in [2.24, 2.45) is 0 Å². The third-order valence-corrected chi connectivity index (χ3v) is 4.72. The summed E-state index contributed by atoms with van der Waals surface area (Å²) in [6.07, 6.45) is 0.642. The van der Waals surface area contributed by atoms with Crippen molar-refractivity contribution in [2.75, 3.05) is 6.61 Å².